The van der Waals surface area contributed by atoms with E-state index in [2.05, 4.69) is 59.2 Å². The lowest BCUT2D eigenvalue weighted by molar-refractivity contribution is -0.940. The second-order valence-corrected chi connectivity index (χ2v) is 10.1. The van der Waals surface area contributed by atoms with Crippen LogP contribution < -0.4 is 5.32 Å². The van der Waals surface area contributed by atoms with E-state index in [1.165, 1.54) is 33.3 Å². The van der Waals surface area contributed by atoms with E-state index >= 15 is 0 Å². The van der Waals surface area contributed by atoms with Crippen molar-refractivity contribution in [3.05, 3.63) is 64.6 Å². The van der Waals surface area contributed by atoms with Gasteiger partial charge in [-0.1, -0.05) is 17.7 Å². The first-order valence-corrected chi connectivity index (χ1v) is 12.6. The molecule has 1 aliphatic heterocycles. The topological polar surface area (TPSA) is 82.5 Å². The molecular weight excluding hydrogens is 456 g/mol. The molecule has 0 saturated heterocycles. The number of nitrogens with one attached hydrogen (secondary N) is 1. The highest BCUT2D eigenvalue weighted by Crippen LogP contribution is 2.34. The number of amides is 1. The highest BCUT2D eigenvalue weighted by Gasteiger charge is 2.34. The van der Waals surface area contributed by atoms with E-state index < -0.39 is 18.1 Å². The van der Waals surface area contributed by atoms with E-state index in [1.807, 2.05) is 13.1 Å². The number of pyridine rings is 1. The second-order valence-electron chi connectivity index (χ2n) is 10.1. The summed E-state index contributed by atoms with van der Waals surface area (Å²) >= 11 is 0. The van der Waals surface area contributed by atoms with Crippen molar-refractivity contribution in [3.63, 3.8) is 0 Å². The molecule has 0 aliphatic carbocycles. The number of aryl methyl sites for hydroxylation is 4. The fourth-order valence-electron chi connectivity index (χ4n) is 4.90. The molecule has 0 saturated carbocycles. The summed E-state index contributed by atoms with van der Waals surface area (Å²) in [6.45, 7) is 10.5. The number of aromatic nitrogens is 2. The van der Waals surface area contributed by atoms with Gasteiger partial charge >= 0.3 is 12.1 Å². The van der Waals surface area contributed by atoms with Crippen LogP contribution in [0, 0.1) is 13.8 Å². The number of nitrogens with zero attached hydrogens (tertiary/aromatic N) is 3. The SMILES string of the molecule is CCOC(=O)C(C)NC(=O)OC[N+]1(C)CCc2c(c3cc(C)ccc3n2CCc2ccc(C)nc2)C1. The monoisotopic (exact) mass is 493 g/mol. The Balaban J connectivity index is 1.49. The van der Waals surface area contributed by atoms with E-state index in [1.54, 1.807) is 13.8 Å². The zero-order valence-corrected chi connectivity index (χ0v) is 22.0. The van der Waals surface area contributed by atoms with Crippen LogP contribution in [0.15, 0.2) is 36.5 Å². The van der Waals surface area contributed by atoms with Gasteiger partial charge in [-0.3, -0.25) is 9.47 Å². The maximum Gasteiger partial charge on any atom is 0.412 e. The van der Waals surface area contributed by atoms with Crippen LogP contribution in [0.4, 0.5) is 4.79 Å². The maximum atomic E-state index is 12.3. The van der Waals surface area contributed by atoms with Crippen LogP contribution in [0.25, 0.3) is 10.9 Å². The van der Waals surface area contributed by atoms with Gasteiger partial charge in [-0.25, -0.2) is 9.59 Å². The normalized spacial score (nSPS) is 17.9. The molecule has 36 heavy (non-hydrogen) atoms. The molecule has 4 rings (SSSR count). The summed E-state index contributed by atoms with van der Waals surface area (Å²) in [6.07, 6.45) is 3.18. The van der Waals surface area contributed by atoms with E-state index in [9.17, 15) is 9.59 Å². The standard InChI is InChI=1S/C28H36N4O4/c1-6-35-27(33)21(4)30-28(34)36-18-32(5)14-12-26-24(17-32)23-15-19(2)7-10-25(23)31(26)13-11-22-9-8-20(3)29-16-22/h7-10,15-16,21H,6,11-14,17-18H2,1-5H3/p+1. The van der Waals surface area contributed by atoms with Crippen LogP contribution in [-0.4, -0.2) is 59.1 Å². The van der Waals surface area contributed by atoms with Crippen molar-refractivity contribution in [2.75, 3.05) is 26.9 Å². The zero-order chi connectivity index (χ0) is 25.9. The van der Waals surface area contributed by atoms with Gasteiger partial charge in [-0.2, -0.15) is 0 Å². The summed E-state index contributed by atoms with van der Waals surface area (Å²) in [5.41, 5.74) is 7.44. The number of alkyl carbamates (subject to hydrolysis) is 1. The average molecular weight is 494 g/mol. The number of hydrogen-bond acceptors (Lipinski definition) is 5. The van der Waals surface area contributed by atoms with Gasteiger partial charge < -0.3 is 19.4 Å². The predicted molar refractivity (Wildman–Crippen MR) is 138 cm³/mol. The van der Waals surface area contributed by atoms with Crippen molar-refractivity contribution < 1.29 is 23.5 Å². The minimum absolute atomic E-state index is 0.230. The van der Waals surface area contributed by atoms with E-state index in [4.69, 9.17) is 9.47 Å². The Morgan fingerprint density at radius 1 is 1.19 bits per heavy atom. The van der Waals surface area contributed by atoms with Gasteiger partial charge in [-0.15, -0.1) is 0 Å². The summed E-state index contributed by atoms with van der Waals surface area (Å²) in [6, 6.07) is 10.1. The van der Waals surface area contributed by atoms with Gasteiger partial charge in [0.05, 0.1) is 20.2 Å². The van der Waals surface area contributed by atoms with Crippen LogP contribution >= 0.6 is 0 Å². The van der Waals surface area contributed by atoms with Crippen LogP contribution in [-0.2, 0) is 40.2 Å². The number of hydrogen-bond donors (Lipinski definition) is 1. The third-order valence-electron chi connectivity index (χ3n) is 6.95. The molecule has 3 aromatic rings. The number of quaternary nitrogens is 1. The van der Waals surface area contributed by atoms with Gasteiger partial charge in [-0.05, 0) is 57.9 Å². The Labute approximate surface area is 212 Å². The number of carbonyl (C=O) groups is 2. The molecule has 8 nitrogen and oxygen atoms in total. The summed E-state index contributed by atoms with van der Waals surface area (Å²) in [7, 11) is 2.11. The molecule has 2 aromatic heterocycles. The quantitative estimate of drug-likeness (QED) is 0.378. The van der Waals surface area contributed by atoms with Crippen LogP contribution in [0.5, 0.6) is 0 Å². The predicted octanol–water partition coefficient (Wildman–Crippen LogP) is 4.03. The fraction of sp³-hybridized carbons (Fsp3) is 0.464. The first-order chi connectivity index (χ1) is 17.2. The van der Waals surface area contributed by atoms with Crippen LogP contribution in [0.2, 0.25) is 0 Å². The molecule has 8 heteroatoms. The van der Waals surface area contributed by atoms with Crippen LogP contribution in [0.3, 0.4) is 0 Å². The Bertz CT molecular complexity index is 1250. The molecule has 1 aromatic carbocycles. The molecule has 0 radical (unpaired) electrons. The van der Waals surface area contributed by atoms with Gasteiger partial charge in [0.2, 0.25) is 6.73 Å². The van der Waals surface area contributed by atoms with Gasteiger partial charge in [0, 0.05) is 47.0 Å². The van der Waals surface area contributed by atoms with Gasteiger partial charge in [0.1, 0.15) is 12.6 Å². The number of fused-ring (bicyclic) bond motifs is 3. The minimum Gasteiger partial charge on any atom is -0.464 e. The molecule has 0 fully saturated rings. The number of likely N-dealkylation sites (N-methyl/N-ethyl adjacent to an activating group) is 1. The van der Waals surface area contributed by atoms with E-state index in [0.29, 0.717) is 4.48 Å². The highest BCUT2D eigenvalue weighted by atomic mass is 16.6. The lowest BCUT2D eigenvalue weighted by Crippen LogP contribution is -2.51. The Morgan fingerprint density at radius 2 is 2.00 bits per heavy atom. The van der Waals surface area contributed by atoms with Crippen molar-refractivity contribution in [3.8, 4) is 0 Å². The first kappa shape index (κ1) is 25.7. The molecule has 1 amide bonds. The van der Waals surface area contributed by atoms with E-state index in [0.717, 1.165) is 38.2 Å². The maximum absolute atomic E-state index is 12.3. The third kappa shape index (κ3) is 5.70. The van der Waals surface area contributed by atoms with Crippen molar-refractivity contribution in [1.29, 1.82) is 0 Å². The summed E-state index contributed by atoms with van der Waals surface area (Å²) in [4.78, 5) is 28.6. The lowest BCUT2D eigenvalue weighted by atomic mass is 10.0. The van der Waals surface area contributed by atoms with Crippen LogP contribution in [0.1, 0.15) is 41.9 Å². The highest BCUT2D eigenvalue weighted by molar-refractivity contribution is 5.86. The smallest absolute Gasteiger partial charge is 0.412 e. The molecule has 192 valence electrons. The first-order valence-electron chi connectivity index (χ1n) is 12.6. The molecule has 1 N–H and O–H groups in total. The Hall–Kier alpha value is -3.39. The number of esters is 1. The molecular formula is C28H37N4O4+. The molecule has 0 spiro atoms. The average Bonchev–Trinajstić information content (AvgIpc) is 3.14. The van der Waals surface area contributed by atoms with Crippen molar-refractivity contribution >= 4 is 23.0 Å². The number of ether oxygens (including phenoxy) is 2. The summed E-state index contributed by atoms with van der Waals surface area (Å²) < 4.78 is 13.5. The molecule has 3 heterocycles. The Morgan fingerprint density at radius 3 is 2.72 bits per heavy atom. The van der Waals surface area contributed by atoms with Crippen molar-refractivity contribution in [2.45, 2.75) is 59.7 Å². The molecule has 2 unspecified atom stereocenters. The largest absolute Gasteiger partial charge is 0.464 e. The molecule has 0 bridgehead atoms. The van der Waals surface area contributed by atoms with E-state index in [-0.39, 0.29) is 13.3 Å². The third-order valence-corrected chi connectivity index (χ3v) is 6.95. The molecule has 1 aliphatic rings. The number of carbonyl (C=O) groups excluding carboxylic acids is 2. The number of rotatable bonds is 8. The lowest BCUT2D eigenvalue weighted by Gasteiger charge is -2.37. The van der Waals surface area contributed by atoms with Gasteiger partial charge in [0.25, 0.3) is 0 Å². The molecule has 2 atom stereocenters. The number of benzene rings is 1. The zero-order valence-electron chi connectivity index (χ0n) is 22.0. The van der Waals surface area contributed by atoms with Crippen molar-refractivity contribution in [1.82, 2.24) is 14.9 Å². The minimum atomic E-state index is -0.750. The van der Waals surface area contributed by atoms with Crippen molar-refractivity contribution in [2.24, 2.45) is 0 Å². The summed E-state index contributed by atoms with van der Waals surface area (Å²) in [5, 5.41) is 3.84. The Kier molecular flexibility index (Phi) is 7.64. The second kappa shape index (κ2) is 10.7. The summed E-state index contributed by atoms with van der Waals surface area (Å²) in [5.74, 6) is -0.470. The van der Waals surface area contributed by atoms with Gasteiger partial charge in [0.15, 0.2) is 0 Å². The fourth-order valence-corrected chi connectivity index (χ4v) is 4.90.